The average molecular weight is 461 g/mol. The molecule has 6 heteroatoms. The Bertz CT molecular complexity index is 844. The van der Waals surface area contributed by atoms with E-state index in [9.17, 15) is 9.59 Å². The highest BCUT2D eigenvalue weighted by atomic mass is 79.9. The third-order valence-electron chi connectivity index (χ3n) is 6.03. The number of rotatable bonds is 7. The summed E-state index contributed by atoms with van der Waals surface area (Å²) in [6.45, 7) is 6.34. The number of benzene rings is 2. The summed E-state index contributed by atoms with van der Waals surface area (Å²) in [6, 6.07) is 19.2. The van der Waals surface area contributed by atoms with Gasteiger partial charge in [0.1, 0.15) is 6.42 Å². The minimum absolute atomic E-state index is 0.144. The molecule has 2 atom stereocenters. The van der Waals surface area contributed by atoms with Crippen LogP contribution in [0.25, 0.3) is 0 Å². The lowest BCUT2D eigenvalue weighted by atomic mass is 9.91. The van der Waals surface area contributed by atoms with Crippen LogP contribution in [0, 0.1) is 0 Å². The molecule has 28 heavy (non-hydrogen) atoms. The number of hydrogen-bond donors (Lipinski definition) is 0. The fraction of sp³-hybridized carbons (Fsp3) is 0.364. The van der Waals surface area contributed by atoms with Crippen LogP contribution >= 0.6 is 15.9 Å². The molecule has 3 rings (SSSR count). The highest BCUT2D eigenvalue weighted by Gasteiger charge is 2.66. The van der Waals surface area contributed by atoms with Gasteiger partial charge in [-0.1, -0.05) is 71.7 Å². The van der Waals surface area contributed by atoms with E-state index in [0.717, 1.165) is 28.2 Å². The SMILES string of the molecule is CC[Si](CC)(CC)O[N@@+]1(C(=O)c2ccccc2)C(=O)C[C@H]1c1ccc(Br)cc1. The molecule has 1 saturated heterocycles. The molecule has 4 nitrogen and oxygen atoms in total. The first-order chi connectivity index (χ1) is 13.4. The van der Waals surface area contributed by atoms with Crippen molar-refractivity contribution in [2.24, 2.45) is 0 Å². The van der Waals surface area contributed by atoms with Gasteiger partial charge in [0, 0.05) is 10.0 Å². The number of carbonyl (C=O) groups is 2. The van der Waals surface area contributed by atoms with Crippen LogP contribution in [0.15, 0.2) is 59.1 Å². The number of hydroxylamine groups is 3. The Morgan fingerprint density at radius 1 is 1.04 bits per heavy atom. The van der Waals surface area contributed by atoms with Gasteiger partial charge in [0.15, 0.2) is 6.04 Å². The Morgan fingerprint density at radius 2 is 1.61 bits per heavy atom. The number of amides is 2. The number of β-lactam (4-membered cyclic amide) rings is 1. The molecule has 0 bridgehead atoms. The largest absolute Gasteiger partial charge is 0.385 e. The van der Waals surface area contributed by atoms with Crippen LogP contribution < -0.4 is 0 Å². The summed E-state index contributed by atoms with van der Waals surface area (Å²) in [7, 11) is -2.22. The Labute approximate surface area is 176 Å². The van der Waals surface area contributed by atoms with Gasteiger partial charge >= 0.3 is 11.8 Å². The maximum atomic E-state index is 13.7. The molecule has 1 fully saturated rings. The van der Waals surface area contributed by atoms with Gasteiger partial charge in [0.05, 0.1) is 5.56 Å². The first-order valence-electron chi connectivity index (χ1n) is 9.90. The van der Waals surface area contributed by atoms with Crippen LogP contribution in [0.4, 0.5) is 0 Å². The molecule has 0 saturated carbocycles. The van der Waals surface area contributed by atoms with Gasteiger partial charge in [0.25, 0.3) is 8.32 Å². The molecule has 0 aromatic heterocycles. The van der Waals surface area contributed by atoms with E-state index in [0.29, 0.717) is 12.0 Å². The van der Waals surface area contributed by atoms with E-state index < -0.39 is 13.0 Å². The monoisotopic (exact) mass is 460 g/mol. The molecule has 148 valence electrons. The second-order valence-corrected chi connectivity index (χ2v) is 12.9. The average Bonchev–Trinajstić information content (AvgIpc) is 2.74. The van der Waals surface area contributed by atoms with E-state index in [2.05, 4.69) is 36.7 Å². The molecule has 0 radical (unpaired) electrons. The highest BCUT2D eigenvalue weighted by Crippen LogP contribution is 2.47. The van der Waals surface area contributed by atoms with Crippen LogP contribution in [0.2, 0.25) is 18.1 Å². The van der Waals surface area contributed by atoms with Crippen molar-refractivity contribution < 1.29 is 18.8 Å². The molecule has 2 aromatic rings. The summed E-state index contributed by atoms with van der Waals surface area (Å²) in [4.78, 5) is 26.8. The predicted molar refractivity (Wildman–Crippen MR) is 116 cm³/mol. The standard InChI is InChI=1S/C22H27BrNO3Si/c1-4-28(5-2,6-3)27-24(22(26)18-10-8-7-9-11-18)20(16-21(24)25)17-12-14-19(23)15-13-17/h7-15,20H,4-6,16H2,1-3H3/q+1/t20-,24+/m0/s1. The first kappa shape index (κ1) is 21.1. The number of carbonyl (C=O) groups excluding carboxylic acids is 2. The van der Waals surface area contributed by atoms with Crippen molar-refractivity contribution in [3.05, 3.63) is 70.2 Å². The normalized spacial score (nSPS) is 22.0. The van der Waals surface area contributed by atoms with Crippen molar-refractivity contribution >= 4 is 36.1 Å². The van der Waals surface area contributed by atoms with E-state index >= 15 is 0 Å². The number of imide groups is 1. The van der Waals surface area contributed by atoms with Crippen molar-refractivity contribution in [1.29, 1.82) is 0 Å². The molecule has 2 aromatic carbocycles. The molecule has 0 unspecified atom stereocenters. The molecular weight excluding hydrogens is 434 g/mol. The van der Waals surface area contributed by atoms with Crippen molar-refractivity contribution in [2.75, 3.05) is 0 Å². The van der Waals surface area contributed by atoms with E-state index in [1.165, 1.54) is 0 Å². The van der Waals surface area contributed by atoms with Crippen molar-refractivity contribution in [3.8, 4) is 0 Å². The van der Waals surface area contributed by atoms with Crippen LogP contribution in [0.1, 0.15) is 49.2 Å². The quantitative estimate of drug-likeness (QED) is 0.219. The molecule has 0 N–H and O–H groups in total. The zero-order valence-corrected chi connectivity index (χ0v) is 19.2. The van der Waals surface area contributed by atoms with Gasteiger partial charge in [-0.05, 0) is 42.4 Å². The molecule has 1 heterocycles. The van der Waals surface area contributed by atoms with Gasteiger partial charge in [-0.25, -0.2) is 14.1 Å². The molecule has 1 aliphatic rings. The van der Waals surface area contributed by atoms with E-state index in [4.69, 9.17) is 4.53 Å². The summed E-state index contributed by atoms with van der Waals surface area (Å²) < 4.78 is 7.15. The van der Waals surface area contributed by atoms with Crippen LogP contribution in [-0.4, -0.2) is 24.8 Å². The number of hydrogen-bond acceptors (Lipinski definition) is 3. The van der Waals surface area contributed by atoms with Gasteiger partial charge in [-0.2, -0.15) is 0 Å². The first-order valence-corrected chi connectivity index (χ1v) is 13.2. The Morgan fingerprint density at radius 3 is 2.11 bits per heavy atom. The Hall–Kier alpha value is -1.60. The summed E-state index contributed by atoms with van der Waals surface area (Å²) in [6.07, 6.45) is 0.321. The minimum Gasteiger partial charge on any atom is -0.241 e. The number of halogens is 1. The lowest BCUT2D eigenvalue weighted by molar-refractivity contribution is -1.00. The smallest absolute Gasteiger partial charge is 0.241 e. The van der Waals surface area contributed by atoms with Crippen LogP contribution in [0.3, 0.4) is 0 Å². The Balaban J connectivity index is 2.11. The van der Waals surface area contributed by atoms with E-state index in [-0.39, 0.29) is 17.9 Å². The molecule has 1 aliphatic heterocycles. The zero-order valence-electron chi connectivity index (χ0n) is 16.7. The molecule has 2 amide bonds. The van der Waals surface area contributed by atoms with Crippen molar-refractivity contribution in [1.82, 2.24) is 0 Å². The van der Waals surface area contributed by atoms with Gasteiger partial charge in [-0.3, -0.25) is 0 Å². The number of nitrogens with zero attached hydrogens (tertiary/aromatic N) is 1. The van der Waals surface area contributed by atoms with Gasteiger partial charge < -0.3 is 0 Å². The molecular formula is C22H27BrNO3Si+. The van der Waals surface area contributed by atoms with Crippen LogP contribution in [-0.2, 0) is 9.32 Å². The maximum absolute atomic E-state index is 13.7. The Kier molecular flexibility index (Phi) is 6.34. The molecule has 0 aliphatic carbocycles. The lowest BCUT2D eigenvalue weighted by Gasteiger charge is -2.48. The maximum Gasteiger partial charge on any atom is 0.385 e. The fourth-order valence-electron chi connectivity index (χ4n) is 3.94. The van der Waals surface area contributed by atoms with Gasteiger partial charge in [0.2, 0.25) is 0 Å². The topological polar surface area (TPSA) is 43.4 Å². The van der Waals surface area contributed by atoms with Crippen molar-refractivity contribution in [2.45, 2.75) is 51.4 Å². The zero-order chi connectivity index (χ0) is 20.4. The van der Waals surface area contributed by atoms with E-state index in [1.54, 1.807) is 12.1 Å². The summed E-state index contributed by atoms with van der Waals surface area (Å²) in [5.74, 6) is -0.397. The predicted octanol–water partition coefficient (Wildman–Crippen LogP) is 6.01. The highest BCUT2D eigenvalue weighted by molar-refractivity contribution is 9.10. The molecule has 0 spiro atoms. The van der Waals surface area contributed by atoms with Crippen LogP contribution in [0.5, 0.6) is 0 Å². The summed E-state index contributed by atoms with van der Waals surface area (Å²) >= 11 is 3.46. The van der Waals surface area contributed by atoms with E-state index in [1.807, 2.05) is 42.5 Å². The number of likely N-dealkylation sites (tertiary alicyclic amines) is 1. The van der Waals surface area contributed by atoms with Crippen molar-refractivity contribution in [3.63, 3.8) is 0 Å². The number of quaternary nitrogens is 1. The lowest BCUT2D eigenvalue weighted by Crippen LogP contribution is -2.70. The minimum atomic E-state index is -2.22. The summed E-state index contributed by atoms with van der Waals surface area (Å²) in [5, 5.41) is 0. The fourth-order valence-corrected chi connectivity index (χ4v) is 7.01. The third kappa shape index (κ3) is 3.54. The second-order valence-electron chi connectivity index (χ2n) is 7.33. The van der Waals surface area contributed by atoms with Gasteiger partial charge in [-0.15, -0.1) is 0 Å². The summed E-state index contributed by atoms with van der Waals surface area (Å²) in [5.41, 5.74) is 1.47. The second kappa shape index (κ2) is 8.41. The third-order valence-corrected chi connectivity index (χ3v) is 11.1.